The van der Waals surface area contributed by atoms with E-state index in [0.717, 1.165) is 54.0 Å². The number of aryl methyl sites for hydroxylation is 2. The van der Waals surface area contributed by atoms with Gasteiger partial charge < -0.3 is 10.1 Å². The fraction of sp³-hybridized carbons (Fsp3) is 0.583. The lowest BCUT2D eigenvalue weighted by Gasteiger charge is -2.48. The molecule has 1 saturated carbocycles. The van der Waals surface area contributed by atoms with E-state index in [2.05, 4.69) is 41.4 Å². The van der Waals surface area contributed by atoms with Crippen molar-refractivity contribution < 1.29 is 9.53 Å². The van der Waals surface area contributed by atoms with Crippen molar-refractivity contribution in [3.05, 3.63) is 39.7 Å². The highest BCUT2D eigenvalue weighted by Gasteiger charge is 2.38. The molecule has 1 amide bonds. The minimum absolute atomic E-state index is 0.0983. The van der Waals surface area contributed by atoms with Crippen molar-refractivity contribution in [2.24, 2.45) is 0 Å². The third-order valence-corrected chi connectivity index (χ3v) is 7.50. The summed E-state index contributed by atoms with van der Waals surface area (Å²) in [4.78, 5) is 21.3. The predicted molar refractivity (Wildman–Crippen MR) is 122 cm³/mol. The molecule has 2 aromatic rings. The van der Waals surface area contributed by atoms with Gasteiger partial charge in [0.15, 0.2) is 0 Å². The molecule has 2 heterocycles. The van der Waals surface area contributed by atoms with Gasteiger partial charge in [-0.05, 0) is 26.7 Å². The lowest BCUT2D eigenvalue weighted by atomic mass is 9.79. The number of nitrogens with one attached hydrogen (secondary N) is 1. The number of amides is 1. The number of carbonyl (C=O) groups excluding carboxylic acids is 1. The molecule has 4 rings (SSSR count). The molecule has 162 valence electrons. The Bertz CT molecular complexity index is 850. The zero-order valence-electron chi connectivity index (χ0n) is 18.2. The van der Waals surface area contributed by atoms with E-state index in [4.69, 9.17) is 9.72 Å². The molecule has 2 aliphatic rings. The number of aromatic nitrogens is 1. The van der Waals surface area contributed by atoms with Crippen LogP contribution in [0.2, 0.25) is 0 Å². The first-order valence-electron chi connectivity index (χ1n) is 11.2. The zero-order chi connectivity index (χ0) is 21.0. The summed E-state index contributed by atoms with van der Waals surface area (Å²) in [7, 11) is 0. The van der Waals surface area contributed by atoms with Gasteiger partial charge in [0, 0.05) is 35.6 Å². The molecule has 1 saturated heterocycles. The van der Waals surface area contributed by atoms with Crippen molar-refractivity contribution in [3.63, 3.8) is 0 Å². The maximum absolute atomic E-state index is 13.0. The quantitative estimate of drug-likeness (QED) is 0.753. The maximum Gasteiger partial charge on any atom is 0.225 e. The molecule has 0 radical (unpaired) electrons. The van der Waals surface area contributed by atoms with E-state index in [9.17, 15) is 4.79 Å². The van der Waals surface area contributed by atoms with E-state index in [1.54, 1.807) is 11.3 Å². The number of ether oxygens (including phenoxy) is 1. The van der Waals surface area contributed by atoms with Crippen LogP contribution in [-0.2, 0) is 16.0 Å². The molecule has 1 aromatic heterocycles. The first kappa shape index (κ1) is 21.5. The van der Waals surface area contributed by atoms with Crippen LogP contribution in [0.4, 0.5) is 0 Å². The third-order valence-electron chi connectivity index (χ3n) is 6.53. The number of rotatable bonds is 6. The van der Waals surface area contributed by atoms with Crippen molar-refractivity contribution in [3.8, 4) is 11.3 Å². The van der Waals surface area contributed by atoms with Gasteiger partial charge in [-0.2, -0.15) is 0 Å². The van der Waals surface area contributed by atoms with E-state index in [1.807, 2.05) is 6.92 Å². The molecule has 1 aromatic carbocycles. The van der Waals surface area contributed by atoms with Crippen LogP contribution >= 0.6 is 11.3 Å². The van der Waals surface area contributed by atoms with E-state index >= 15 is 0 Å². The van der Waals surface area contributed by atoms with Gasteiger partial charge in [-0.15, -0.1) is 11.3 Å². The molecule has 1 N–H and O–H groups in total. The smallest absolute Gasteiger partial charge is 0.225 e. The summed E-state index contributed by atoms with van der Waals surface area (Å²) in [6.07, 6.45) is 6.54. The second kappa shape index (κ2) is 9.58. The van der Waals surface area contributed by atoms with Crippen molar-refractivity contribution in [1.82, 2.24) is 15.2 Å². The first-order chi connectivity index (χ1) is 14.6. The summed E-state index contributed by atoms with van der Waals surface area (Å²) in [5.41, 5.74) is 3.37. The minimum Gasteiger partial charge on any atom is -0.379 e. The van der Waals surface area contributed by atoms with Gasteiger partial charge in [-0.25, -0.2) is 4.98 Å². The van der Waals surface area contributed by atoms with Gasteiger partial charge >= 0.3 is 0 Å². The first-order valence-corrected chi connectivity index (χ1v) is 12.0. The molecule has 1 aliphatic heterocycles. The molecule has 1 aliphatic carbocycles. The Kier molecular flexibility index (Phi) is 6.86. The Morgan fingerprint density at radius 1 is 1.13 bits per heavy atom. The Morgan fingerprint density at radius 2 is 1.83 bits per heavy atom. The fourth-order valence-corrected chi connectivity index (χ4v) is 5.81. The molecule has 0 atom stereocenters. The Morgan fingerprint density at radius 3 is 2.53 bits per heavy atom. The minimum atomic E-state index is 0.0983. The van der Waals surface area contributed by atoms with Crippen LogP contribution < -0.4 is 5.32 Å². The van der Waals surface area contributed by atoms with E-state index in [0.29, 0.717) is 6.42 Å². The fourth-order valence-electron chi connectivity index (χ4n) is 4.85. The van der Waals surface area contributed by atoms with Crippen molar-refractivity contribution >= 4 is 17.2 Å². The monoisotopic (exact) mass is 427 g/mol. The number of hydrogen-bond acceptors (Lipinski definition) is 5. The van der Waals surface area contributed by atoms with Gasteiger partial charge in [0.25, 0.3) is 0 Å². The Hall–Kier alpha value is -1.76. The molecule has 30 heavy (non-hydrogen) atoms. The summed E-state index contributed by atoms with van der Waals surface area (Å²) in [5.74, 6) is 0.102. The second-order valence-electron chi connectivity index (χ2n) is 8.71. The van der Waals surface area contributed by atoms with Crippen LogP contribution in [-0.4, -0.2) is 54.2 Å². The van der Waals surface area contributed by atoms with Gasteiger partial charge in [-0.3, -0.25) is 9.69 Å². The van der Waals surface area contributed by atoms with E-state index in [-0.39, 0.29) is 11.4 Å². The molecule has 0 unspecified atom stereocenters. The van der Waals surface area contributed by atoms with Crippen LogP contribution in [0.15, 0.2) is 24.3 Å². The third kappa shape index (κ3) is 4.93. The number of nitrogens with zero attached hydrogens (tertiary/aromatic N) is 2. The molecule has 6 heteroatoms. The number of hydrogen-bond donors (Lipinski definition) is 1. The summed E-state index contributed by atoms with van der Waals surface area (Å²) < 4.78 is 5.57. The highest BCUT2D eigenvalue weighted by molar-refractivity contribution is 7.12. The van der Waals surface area contributed by atoms with Crippen LogP contribution in [0.5, 0.6) is 0 Å². The normalized spacial score (nSPS) is 19.5. The lowest BCUT2D eigenvalue weighted by Crippen LogP contribution is -2.59. The van der Waals surface area contributed by atoms with Gasteiger partial charge in [0.1, 0.15) is 0 Å². The second-order valence-corrected chi connectivity index (χ2v) is 10.00. The lowest BCUT2D eigenvalue weighted by molar-refractivity contribution is -0.121. The summed E-state index contributed by atoms with van der Waals surface area (Å²) in [5, 5.41) is 4.30. The Balaban J connectivity index is 1.43. The van der Waals surface area contributed by atoms with Crippen LogP contribution in [0.3, 0.4) is 0 Å². The van der Waals surface area contributed by atoms with Crippen molar-refractivity contribution in [2.45, 2.75) is 57.9 Å². The number of morpholine rings is 1. The van der Waals surface area contributed by atoms with E-state index in [1.165, 1.54) is 37.7 Å². The molecular weight excluding hydrogens is 394 g/mol. The summed E-state index contributed by atoms with van der Waals surface area (Å²) >= 11 is 1.63. The molecule has 0 spiro atoms. The largest absolute Gasteiger partial charge is 0.379 e. The highest BCUT2D eigenvalue weighted by atomic mass is 32.1. The average Bonchev–Trinajstić information content (AvgIpc) is 3.14. The van der Waals surface area contributed by atoms with Crippen LogP contribution in [0, 0.1) is 13.8 Å². The molecular formula is C24H33N3O2S. The molecule has 5 nitrogen and oxygen atoms in total. The number of thiazole rings is 1. The van der Waals surface area contributed by atoms with Gasteiger partial charge in [0.05, 0.1) is 30.3 Å². The van der Waals surface area contributed by atoms with Crippen molar-refractivity contribution in [2.75, 3.05) is 32.8 Å². The molecule has 0 bridgehead atoms. The van der Waals surface area contributed by atoms with Gasteiger partial charge in [0.2, 0.25) is 5.91 Å². The van der Waals surface area contributed by atoms with Crippen LogP contribution in [0.1, 0.15) is 47.6 Å². The number of carbonyl (C=O) groups is 1. The van der Waals surface area contributed by atoms with E-state index < -0.39 is 0 Å². The topological polar surface area (TPSA) is 54.5 Å². The number of benzene rings is 1. The van der Waals surface area contributed by atoms with Gasteiger partial charge in [-0.1, -0.05) is 49.1 Å². The average molecular weight is 428 g/mol. The zero-order valence-corrected chi connectivity index (χ0v) is 19.0. The summed E-state index contributed by atoms with van der Waals surface area (Å²) in [6.45, 7) is 8.39. The summed E-state index contributed by atoms with van der Waals surface area (Å²) in [6, 6.07) is 8.40. The maximum atomic E-state index is 13.0. The molecule has 2 fully saturated rings. The van der Waals surface area contributed by atoms with Crippen molar-refractivity contribution in [1.29, 1.82) is 0 Å². The van der Waals surface area contributed by atoms with Crippen LogP contribution in [0.25, 0.3) is 11.3 Å². The standard InChI is InChI=1S/C24H33N3O2S/c1-18-6-8-20(9-7-18)23-21(30-19(2)26-23)16-22(28)25-17-24(10-4-3-5-11-24)27-12-14-29-15-13-27/h6-9H,3-5,10-17H2,1-2H3,(H,25,28). The SMILES string of the molecule is Cc1ccc(-c2nc(C)sc2CC(=O)NCC2(N3CCOCC3)CCCCC2)cc1. The highest BCUT2D eigenvalue weighted by Crippen LogP contribution is 2.34. The predicted octanol–water partition coefficient (Wildman–Crippen LogP) is 4.12. The Labute approximate surface area is 183 Å².